The quantitative estimate of drug-likeness (QED) is 0.157. The fraction of sp³-hybridized carbons (Fsp3) is 0.0652. The number of rotatable bonds is 8. The van der Waals surface area contributed by atoms with E-state index in [1.165, 1.54) is 33.4 Å². The van der Waals surface area contributed by atoms with Crippen LogP contribution in [0.2, 0.25) is 0 Å². The van der Waals surface area contributed by atoms with Gasteiger partial charge in [0.05, 0.1) is 16.8 Å². The van der Waals surface area contributed by atoms with Gasteiger partial charge in [-0.15, -0.1) is 0 Å². The number of aromatic nitrogens is 1. The summed E-state index contributed by atoms with van der Waals surface area (Å²) in [7, 11) is 0. The van der Waals surface area contributed by atoms with E-state index >= 15 is 0 Å². The van der Waals surface area contributed by atoms with Gasteiger partial charge in [0, 0.05) is 5.56 Å². The molecular formula is C46H37N. The Balaban J connectivity index is 1.33. The monoisotopic (exact) mass is 603 g/mol. The van der Waals surface area contributed by atoms with Crippen LogP contribution in [0.4, 0.5) is 0 Å². The van der Waals surface area contributed by atoms with Crippen molar-refractivity contribution in [1.82, 2.24) is 4.98 Å². The normalized spacial score (nSPS) is 13.3. The Morgan fingerprint density at radius 3 is 1.91 bits per heavy atom. The zero-order valence-electron chi connectivity index (χ0n) is 26.9. The molecule has 226 valence electrons. The molecule has 7 rings (SSSR count). The van der Waals surface area contributed by atoms with Gasteiger partial charge in [0.2, 0.25) is 0 Å². The summed E-state index contributed by atoms with van der Waals surface area (Å²) in [6.07, 6.45) is 7.86. The fourth-order valence-electron chi connectivity index (χ4n) is 7.11. The zero-order chi connectivity index (χ0) is 32.4. The molecule has 1 aromatic heterocycles. The van der Waals surface area contributed by atoms with Crippen LogP contribution in [-0.4, -0.2) is 4.98 Å². The second-order valence-corrected chi connectivity index (χ2v) is 12.1. The number of fused-ring (bicyclic) bond motifs is 3. The summed E-state index contributed by atoms with van der Waals surface area (Å²) in [5.74, 6) is 0. The molecule has 0 N–H and O–H groups in total. The molecule has 1 aliphatic rings. The molecule has 5 aromatic carbocycles. The standard InChI is InChI=1S/C46H37N/c1-5-15-32(3)37-30-44(33(4)16-6-2)47-45(31-37)36-18-14-17-35(29-36)34-25-27-39(28-26-34)46(38-19-8-7-9-20-38)42-23-12-10-21-40(42)41-22-11-13-24-43(41)46/h5-31H,1,4H2,2-3H3/b16-6-,32-15+. The van der Waals surface area contributed by atoms with Crippen LogP contribution in [0, 0.1) is 0 Å². The lowest BCUT2D eigenvalue weighted by Crippen LogP contribution is -2.28. The summed E-state index contributed by atoms with van der Waals surface area (Å²) in [6, 6.07) is 50.8. The summed E-state index contributed by atoms with van der Waals surface area (Å²) in [4.78, 5) is 5.05. The summed E-state index contributed by atoms with van der Waals surface area (Å²) < 4.78 is 0. The molecule has 0 atom stereocenters. The van der Waals surface area contributed by atoms with Crippen LogP contribution >= 0.6 is 0 Å². The van der Waals surface area contributed by atoms with E-state index < -0.39 is 5.41 Å². The van der Waals surface area contributed by atoms with Crippen molar-refractivity contribution in [3.05, 3.63) is 210 Å². The molecule has 1 heteroatoms. The third-order valence-electron chi connectivity index (χ3n) is 9.31. The van der Waals surface area contributed by atoms with Gasteiger partial charge in [0.15, 0.2) is 0 Å². The van der Waals surface area contributed by atoms with E-state index in [-0.39, 0.29) is 0 Å². The molecule has 0 aliphatic heterocycles. The Morgan fingerprint density at radius 1 is 0.638 bits per heavy atom. The molecule has 47 heavy (non-hydrogen) atoms. The van der Waals surface area contributed by atoms with Gasteiger partial charge >= 0.3 is 0 Å². The number of nitrogens with zero attached hydrogens (tertiary/aromatic N) is 1. The van der Waals surface area contributed by atoms with E-state index in [1.807, 2.05) is 31.2 Å². The maximum absolute atomic E-state index is 5.05. The van der Waals surface area contributed by atoms with E-state index in [2.05, 4.69) is 160 Å². The molecule has 0 fully saturated rings. The molecule has 0 amide bonds. The highest BCUT2D eigenvalue weighted by molar-refractivity contribution is 5.86. The third-order valence-corrected chi connectivity index (χ3v) is 9.31. The summed E-state index contributed by atoms with van der Waals surface area (Å²) in [6.45, 7) is 12.3. The van der Waals surface area contributed by atoms with Crippen LogP contribution in [0.25, 0.3) is 44.7 Å². The second kappa shape index (κ2) is 12.5. The number of benzene rings is 5. The highest BCUT2D eigenvalue weighted by atomic mass is 14.7. The Hall–Kier alpha value is -5.79. The Labute approximate surface area is 278 Å². The minimum atomic E-state index is -0.401. The minimum Gasteiger partial charge on any atom is -0.248 e. The van der Waals surface area contributed by atoms with Crippen LogP contribution in [-0.2, 0) is 5.41 Å². The van der Waals surface area contributed by atoms with E-state index in [4.69, 9.17) is 4.98 Å². The Morgan fingerprint density at radius 2 is 1.26 bits per heavy atom. The Kier molecular flexibility index (Phi) is 7.98. The lowest BCUT2D eigenvalue weighted by atomic mass is 9.67. The molecule has 1 aliphatic carbocycles. The SMILES string of the molecule is C=C/C=C(\C)c1cc(C(=C)/C=C\C)nc(-c2cccc(-c3ccc(C4(c5ccccc5)c5ccccc5-c5ccccc54)cc3)c2)c1. The summed E-state index contributed by atoms with van der Waals surface area (Å²) >= 11 is 0. The smallest absolute Gasteiger partial charge is 0.0715 e. The molecule has 0 spiro atoms. The first kappa shape index (κ1) is 29.9. The highest BCUT2D eigenvalue weighted by Crippen LogP contribution is 2.56. The van der Waals surface area contributed by atoms with Crippen LogP contribution in [0.15, 0.2) is 177 Å². The highest BCUT2D eigenvalue weighted by Gasteiger charge is 2.45. The predicted octanol–water partition coefficient (Wildman–Crippen LogP) is 12.0. The van der Waals surface area contributed by atoms with Crippen molar-refractivity contribution in [2.45, 2.75) is 19.3 Å². The molecule has 0 saturated carbocycles. The molecule has 1 nitrogen and oxygen atoms in total. The lowest BCUT2D eigenvalue weighted by Gasteiger charge is -2.34. The summed E-state index contributed by atoms with van der Waals surface area (Å²) in [5.41, 5.74) is 15.7. The zero-order valence-corrected chi connectivity index (χ0v) is 26.9. The number of allylic oxidation sites excluding steroid dienone is 6. The molecule has 0 radical (unpaired) electrons. The van der Waals surface area contributed by atoms with Crippen molar-refractivity contribution in [1.29, 1.82) is 0 Å². The van der Waals surface area contributed by atoms with Gasteiger partial charge in [-0.2, -0.15) is 0 Å². The molecular weight excluding hydrogens is 567 g/mol. The van der Waals surface area contributed by atoms with Crippen molar-refractivity contribution in [3.63, 3.8) is 0 Å². The van der Waals surface area contributed by atoms with E-state index in [1.54, 1.807) is 0 Å². The van der Waals surface area contributed by atoms with E-state index in [0.29, 0.717) is 0 Å². The van der Waals surface area contributed by atoms with Crippen molar-refractivity contribution in [2.24, 2.45) is 0 Å². The third kappa shape index (κ3) is 5.20. The van der Waals surface area contributed by atoms with Crippen molar-refractivity contribution >= 4 is 11.1 Å². The maximum atomic E-state index is 5.05. The molecule has 0 saturated heterocycles. The molecule has 0 unspecified atom stereocenters. The van der Waals surface area contributed by atoms with Crippen LogP contribution < -0.4 is 0 Å². The topological polar surface area (TPSA) is 12.9 Å². The number of pyridine rings is 1. The van der Waals surface area contributed by atoms with Gasteiger partial charge in [-0.25, -0.2) is 4.98 Å². The first-order valence-corrected chi connectivity index (χ1v) is 16.1. The average Bonchev–Trinajstić information content (AvgIpc) is 3.43. The molecule has 1 heterocycles. The summed E-state index contributed by atoms with van der Waals surface area (Å²) in [5, 5.41) is 0. The van der Waals surface area contributed by atoms with Gasteiger partial charge in [-0.1, -0.05) is 159 Å². The van der Waals surface area contributed by atoms with Crippen LogP contribution in [0.3, 0.4) is 0 Å². The molecule has 0 bridgehead atoms. The predicted molar refractivity (Wildman–Crippen MR) is 200 cm³/mol. The van der Waals surface area contributed by atoms with Gasteiger partial charge in [-0.05, 0) is 93.3 Å². The van der Waals surface area contributed by atoms with Crippen molar-refractivity contribution < 1.29 is 0 Å². The first-order chi connectivity index (χ1) is 23.0. The first-order valence-electron chi connectivity index (χ1n) is 16.1. The van der Waals surface area contributed by atoms with E-state index in [9.17, 15) is 0 Å². The molecule has 6 aromatic rings. The van der Waals surface area contributed by atoms with Crippen molar-refractivity contribution in [3.8, 4) is 33.5 Å². The number of hydrogen-bond donors (Lipinski definition) is 0. The van der Waals surface area contributed by atoms with E-state index in [0.717, 1.165) is 44.8 Å². The fourth-order valence-corrected chi connectivity index (χ4v) is 7.11. The largest absolute Gasteiger partial charge is 0.248 e. The second-order valence-electron chi connectivity index (χ2n) is 12.1. The van der Waals surface area contributed by atoms with Gasteiger partial charge < -0.3 is 0 Å². The van der Waals surface area contributed by atoms with Gasteiger partial charge in [-0.3, -0.25) is 0 Å². The lowest BCUT2D eigenvalue weighted by molar-refractivity contribution is 0.768. The van der Waals surface area contributed by atoms with Gasteiger partial charge in [0.1, 0.15) is 0 Å². The maximum Gasteiger partial charge on any atom is 0.0715 e. The van der Waals surface area contributed by atoms with Crippen LogP contribution in [0.5, 0.6) is 0 Å². The average molecular weight is 604 g/mol. The number of hydrogen-bond acceptors (Lipinski definition) is 1. The minimum absolute atomic E-state index is 0.401. The van der Waals surface area contributed by atoms with Crippen LogP contribution in [0.1, 0.15) is 47.4 Å². The van der Waals surface area contributed by atoms with Crippen molar-refractivity contribution in [2.75, 3.05) is 0 Å². The van der Waals surface area contributed by atoms with Gasteiger partial charge in [0.25, 0.3) is 0 Å². The Bertz CT molecular complexity index is 2130.